The molecule has 0 aromatic heterocycles. The van der Waals surface area contributed by atoms with Crippen molar-refractivity contribution in [3.8, 4) is 0 Å². The molecule has 4 heterocycles. The summed E-state index contributed by atoms with van der Waals surface area (Å²) in [6, 6.07) is 18.1. The van der Waals surface area contributed by atoms with Crippen molar-refractivity contribution < 1.29 is 0 Å². The van der Waals surface area contributed by atoms with Crippen molar-refractivity contribution in [1.29, 1.82) is 0 Å². The summed E-state index contributed by atoms with van der Waals surface area (Å²) in [5.74, 6) is 0. The van der Waals surface area contributed by atoms with E-state index in [1.54, 1.807) is 0 Å². The first-order chi connectivity index (χ1) is 12.7. The molecule has 0 aliphatic carbocycles. The van der Waals surface area contributed by atoms with Crippen molar-refractivity contribution in [3.05, 3.63) is 59.7 Å². The van der Waals surface area contributed by atoms with E-state index in [1.165, 1.54) is 35.3 Å². The highest BCUT2D eigenvalue weighted by Crippen LogP contribution is 2.65. The molecule has 4 atom stereocenters. The van der Waals surface area contributed by atoms with Gasteiger partial charge in [-0.2, -0.15) is 0 Å². The van der Waals surface area contributed by atoms with E-state index in [-0.39, 0.29) is 10.8 Å². The SMILES string of the molecule is CN1CC[C@@]23c4ccccc4N[C@@H]4N(C)CC[C@]42c2ccccc2N[C@H]13. The number of likely N-dealkylation sites (N-methyl/N-ethyl adjacent to an activating group) is 2. The molecule has 4 nitrogen and oxygen atoms in total. The van der Waals surface area contributed by atoms with E-state index in [1.807, 2.05) is 0 Å². The number of hydrogen-bond donors (Lipinski definition) is 2. The molecular weight excluding hydrogens is 320 g/mol. The van der Waals surface area contributed by atoms with Crippen LogP contribution in [0.5, 0.6) is 0 Å². The molecule has 0 unspecified atom stereocenters. The van der Waals surface area contributed by atoms with Gasteiger partial charge in [0.25, 0.3) is 0 Å². The number of nitrogens with one attached hydrogen (secondary N) is 2. The maximum Gasteiger partial charge on any atom is 0.0901 e. The average Bonchev–Trinajstić information content (AvgIpc) is 3.18. The number of fused-ring (bicyclic) bond motifs is 2. The molecule has 26 heavy (non-hydrogen) atoms. The third-order valence-electron chi connectivity index (χ3n) is 7.73. The van der Waals surface area contributed by atoms with Crippen molar-refractivity contribution in [3.63, 3.8) is 0 Å². The Hall–Kier alpha value is -2.04. The van der Waals surface area contributed by atoms with Gasteiger partial charge in [-0.3, -0.25) is 9.80 Å². The highest BCUT2D eigenvalue weighted by atomic mass is 15.4. The van der Waals surface area contributed by atoms with Gasteiger partial charge in [-0.25, -0.2) is 0 Å². The van der Waals surface area contributed by atoms with Crippen molar-refractivity contribution in [2.45, 2.75) is 36.0 Å². The lowest BCUT2D eigenvalue weighted by molar-refractivity contribution is 0.111. The van der Waals surface area contributed by atoms with Gasteiger partial charge in [0.05, 0.1) is 12.3 Å². The Morgan fingerprint density at radius 1 is 0.731 bits per heavy atom. The summed E-state index contributed by atoms with van der Waals surface area (Å²) in [5.41, 5.74) is 5.86. The third-order valence-corrected chi connectivity index (χ3v) is 7.73. The number of benzene rings is 2. The van der Waals surface area contributed by atoms with Crippen LogP contribution in [0.3, 0.4) is 0 Å². The Labute approximate surface area is 155 Å². The van der Waals surface area contributed by atoms with Crippen molar-refractivity contribution >= 4 is 11.4 Å². The van der Waals surface area contributed by atoms with Crippen molar-refractivity contribution in [2.75, 3.05) is 37.8 Å². The second kappa shape index (κ2) is 4.81. The van der Waals surface area contributed by atoms with Gasteiger partial charge >= 0.3 is 0 Å². The lowest BCUT2D eigenvalue weighted by atomic mass is 9.50. The molecule has 2 spiro atoms. The van der Waals surface area contributed by atoms with Gasteiger partial charge in [0.1, 0.15) is 0 Å². The Balaban J connectivity index is 1.74. The van der Waals surface area contributed by atoms with Crippen LogP contribution in [0.2, 0.25) is 0 Å². The van der Waals surface area contributed by atoms with Crippen LogP contribution in [-0.2, 0) is 10.8 Å². The summed E-state index contributed by atoms with van der Waals surface area (Å²) >= 11 is 0. The molecule has 0 saturated carbocycles. The predicted octanol–water partition coefficient (Wildman–Crippen LogP) is 3.04. The molecule has 2 aromatic rings. The lowest BCUT2D eigenvalue weighted by Gasteiger charge is -2.61. The minimum Gasteiger partial charge on any atom is -0.369 e. The van der Waals surface area contributed by atoms with Crippen LogP contribution in [-0.4, -0.2) is 49.3 Å². The van der Waals surface area contributed by atoms with Gasteiger partial charge in [-0.1, -0.05) is 36.4 Å². The first kappa shape index (κ1) is 15.1. The normalized spacial score (nSPS) is 37.6. The zero-order valence-corrected chi connectivity index (χ0v) is 15.5. The number of likely N-dealkylation sites (tertiary alicyclic amines) is 2. The van der Waals surface area contributed by atoms with E-state index in [0.717, 1.165) is 13.1 Å². The molecular formula is C22H26N4. The third kappa shape index (κ3) is 1.47. The van der Waals surface area contributed by atoms with E-state index in [2.05, 4.69) is 83.1 Å². The fraction of sp³-hybridized carbons (Fsp3) is 0.455. The Kier molecular flexibility index (Phi) is 2.79. The zero-order chi connectivity index (χ0) is 17.5. The van der Waals surface area contributed by atoms with Crippen LogP contribution in [0.4, 0.5) is 11.4 Å². The second-order valence-corrected chi connectivity index (χ2v) is 8.59. The Bertz CT molecular complexity index is 822. The first-order valence-electron chi connectivity index (χ1n) is 9.81. The number of rotatable bonds is 0. The molecule has 4 aliphatic rings. The smallest absolute Gasteiger partial charge is 0.0901 e. The molecule has 6 rings (SSSR count). The average molecular weight is 346 g/mol. The monoisotopic (exact) mass is 346 g/mol. The molecule has 2 fully saturated rings. The van der Waals surface area contributed by atoms with Crippen LogP contribution in [0.1, 0.15) is 24.0 Å². The van der Waals surface area contributed by atoms with Crippen LogP contribution in [0.15, 0.2) is 48.5 Å². The summed E-state index contributed by atoms with van der Waals surface area (Å²) in [6.07, 6.45) is 3.10. The van der Waals surface area contributed by atoms with E-state index in [9.17, 15) is 0 Å². The van der Waals surface area contributed by atoms with Gasteiger partial charge in [-0.05, 0) is 50.2 Å². The van der Waals surface area contributed by atoms with Gasteiger partial charge in [-0.15, -0.1) is 0 Å². The number of nitrogens with zero attached hydrogens (tertiary/aromatic N) is 2. The lowest BCUT2D eigenvalue weighted by Crippen LogP contribution is -2.69. The maximum atomic E-state index is 3.94. The molecule has 4 heteroatoms. The van der Waals surface area contributed by atoms with Crippen LogP contribution < -0.4 is 10.6 Å². The van der Waals surface area contributed by atoms with E-state index in [4.69, 9.17) is 0 Å². The molecule has 2 saturated heterocycles. The first-order valence-corrected chi connectivity index (χ1v) is 9.81. The minimum absolute atomic E-state index is 0.105. The van der Waals surface area contributed by atoms with E-state index >= 15 is 0 Å². The summed E-state index contributed by atoms with van der Waals surface area (Å²) in [6.45, 7) is 2.27. The van der Waals surface area contributed by atoms with Crippen molar-refractivity contribution in [2.24, 2.45) is 0 Å². The fourth-order valence-electron chi connectivity index (χ4n) is 6.73. The highest BCUT2D eigenvalue weighted by Gasteiger charge is 2.70. The maximum absolute atomic E-state index is 3.94. The standard InChI is InChI=1S/C22H26N4/c1-25-13-11-21-15-7-3-6-10-18(15)24-20-22(21,12-14-26(20)2)16-8-4-5-9-17(16)23-19(21)25/h3-10,19-20,23-24H,11-14H2,1-2H3/t19-,20-,21+,22+/m1/s1. The highest BCUT2D eigenvalue weighted by molar-refractivity contribution is 5.72. The Morgan fingerprint density at radius 2 is 1.15 bits per heavy atom. The van der Waals surface area contributed by atoms with Crippen LogP contribution >= 0.6 is 0 Å². The molecule has 2 N–H and O–H groups in total. The number of para-hydroxylation sites is 2. The predicted molar refractivity (Wildman–Crippen MR) is 106 cm³/mol. The fourth-order valence-corrected chi connectivity index (χ4v) is 6.73. The molecule has 0 amide bonds. The number of anilines is 2. The Morgan fingerprint density at radius 3 is 1.62 bits per heavy atom. The van der Waals surface area contributed by atoms with Crippen molar-refractivity contribution in [1.82, 2.24) is 9.80 Å². The topological polar surface area (TPSA) is 30.5 Å². The van der Waals surface area contributed by atoms with Crippen LogP contribution in [0.25, 0.3) is 0 Å². The summed E-state index contributed by atoms with van der Waals surface area (Å²) in [7, 11) is 4.57. The van der Waals surface area contributed by atoms with E-state index in [0.29, 0.717) is 12.3 Å². The molecule has 2 aromatic carbocycles. The molecule has 0 bridgehead atoms. The van der Waals surface area contributed by atoms with Gasteiger partial charge in [0, 0.05) is 35.3 Å². The van der Waals surface area contributed by atoms with Gasteiger partial charge in [0.2, 0.25) is 0 Å². The number of hydrogen-bond acceptors (Lipinski definition) is 4. The van der Waals surface area contributed by atoms with E-state index < -0.39 is 0 Å². The largest absolute Gasteiger partial charge is 0.369 e. The summed E-state index contributed by atoms with van der Waals surface area (Å²) in [5, 5.41) is 7.88. The summed E-state index contributed by atoms with van der Waals surface area (Å²) in [4.78, 5) is 5.07. The second-order valence-electron chi connectivity index (χ2n) is 8.59. The van der Waals surface area contributed by atoms with Gasteiger partial charge in [0.15, 0.2) is 0 Å². The molecule has 4 aliphatic heterocycles. The minimum atomic E-state index is 0.105. The quantitative estimate of drug-likeness (QED) is 0.768. The molecule has 0 radical (unpaired) electrons. The van der Waals surface area contributed by atoms with Crippen LogP contribution in [0, 0.1) is 0 Å². The summed E-state index contributed by atoms with van der Waals surface area (Å²) < 4.78 is 0. The molecule has 134 valence electrons. The zero-order valence-electron chi connectivity index (χ0n) is 15.5. The van der Waals surface area contributed by atoms with Gasteiger partial charge < -0.3 is 10.6 Å².